The van der Waals surface area contributed by atoms with Crippen LogP contribution in [0.15, 0.2) is 88.1 Å². The lowest BCUT2D eigenvalue weighted by molar-refractivity contribution is -0.121. The van der Waals surface area contributed by atoms with Gasteiger partial charge in [-0.1, -0.05) is 66.7 Å². The van der Waals surface area contributed by atoms with Gasteiger partial charge in [-0.15, -0.1) is 0 Å². The molecule has 0 aliphatic heterocycles. The molecule has 0 atom stereocenters. The normalized spacial score (nSPS) is 11.0. The maximum atomic E-state index is 12.3. The SMILES string of the molecule is O=C(CCCn1c(=O)oc2ccccc21)NCc1cccc(COCc2ccccc2)c1. The van der Waals surface area contributed by atoms with Crippen molar-refractivity contribution in [2.24, 2.45) is 0 Å². The Kier molecular flexibility index (Phi) is 7.15. The Morgan fingerprint density at radius 2 is 1.59 bits per heavy atom. The zero-order chi connectivity index (χ0) is 22.2. The highest BCUT2D eigenvalue weighted by molar-refractivity contribution is 5.76. The first kappa shape index (κ1) is 21.6. The Labute approximate surface area is 186 Å². The minimum atomic E-state index is -0.391. The summed E-state index contributed by atoms with van der Waals surface area (Å²) in [5.74, 6) is -0.436. The fourth-order valence-corrected chi connectivity index (χ4v) is 3.60. The van der Waals surface area contributed by atoms with E-state index in [4.69, 9.17) is 9.15 Å². The molecule has 1 heterocycles. The van der Waals surface area contributed by atoms with E-state index >= 15 is 0 Å². The lowest BCUT2D eigenvalue weighted by Gasteiger charge is -2.09. The molecule has 0 radical (unpaired) electrons. The van der Waals surface area contributed by atoms with Crippen LogP contribution in [0.4, 0.5) is 0 Å². The molecule has 0 aliphatic rings. The molecule has 0 aliphatic carbocycles. The van der Waals surface area contributed by atoms with Gasteiger partial charge in [0.15, 0.2) is 5.58 Å². The van der Waals surface area contributed by atoms with Crippen molar-refractivity contribution in [1.82, 2.24) is 9.88 Å². The molecular formula is C26H26N2O4. The summed E-state index contributed by atoms with van der Waals surface area (Å²) >= 11 is 0. The predicted molar refractivity (Wildman–Crippen MR) is 123 cm³/mol. The van der Waals surface area contributed by atoms with Crippen LogP contribution in [-0.4, -0.2) is 10.5 Å². The van der Waals surface area contributed by atoms with Gasteiger partial charge in [0.1, 0.15) is 0 Å². The van der Waals surface area contributed by atoms with Crippen molar-refractivity contribution in [2.45, 2.75) is 39.1 Å². The lowest BCUT2D eigenvalue weighted by Crippen LogP contribution is -2.23. The number of hydrogen-bond donors (Lipinski definition) is 1. The third-order valence-corrected chi connectivity index (χ3v) is 5.22. The fraction of sp³-hybridized carbons (Fsp3) is 0.231. The maximum absolute atomic E-state index is 12.3. The second kappa shape index (κ2) is 10.6. The summed E-state index contributed by atoms with van der Waals surface area (Å²) in [7, 11) is 0. The van der Waals surface area contributed by atoms with Crippen LogP contribution < -0.4 is 11.1 Å². The number of rotatable bonds is 10. The van der Waals surface area contributed by atoms with E-state index in [1.807, 2.05) is 72.8 Å². The van der Waals surface area contributed by atoms with Gasteiger partial charge in [-0.05, 0) is 35.2 Å². The number of aromatic nitrogens is 1. The Morgan fingerprint density at radius 3 is 2.47 bits per heavy atom. The number of carbonyl (C=O) groups excluding carboxylic acids is 1. The van der Waals surface area contributed by atoms with Crippen molar-refractivity contribution < 1.29 is 13.9 Å². The first-order chi connectivity index (χ1) is 15.7. The lowest BCUT2D eigenvalue weighted by atomic mass is 10.1. The van der Waals surface area contributed by atoms with Gasteiger partial charge in [-0.25, -0.2) is 4.79 Å². The Morgan fingerprint density at radius 1 is 0.875 bits per heavy atom. The summed E-state index contributed by atoms with van der Waals surface area (Å²) in [6.07, 6.45) is 0.897. The number of amides is 1. The number of carbonyl (C=O) groups is 1. The predicted octanol–water partition coefficient (Wildman–Crippen LogP) is 4.41. The standard InChI is InChI=1S/C26H26N2O4/c29-25(14-7-15-28-23-12-4-5-13-24(23)32-26(28)30)27-17-21-10-6-11-22(16-21)19-31-18-20-8-2-1-3-9-20/h1-6,8-13,16H,7,14-15,17-19H2,(H,27,29). The highest BCUT2D eigenvalue weighted by Crippen LogP contribution is 2.13. The minimum absolute atomic E-state index is 0.0448. The van der Waals surface area contributed by atoms with Gasteiger partial charge in [0.2, 0.25) is 5.91 Å². The number of aryl methyl sites for hydroxylation is 1. The molecule has 1 N–H and O–H groups in total. The molecule has 0 saturated carbocycles. The van der Waals surface area contributed by atoms with Crippen molar-refractivity contribution in [2.75, 3.05) is 0 Å². The number of ether oxygens (including phenoxy) is 1. The van der Waals surface area contributed by atoms with Crippen LogP contribution in [-0.2, 0) is 35.8 Å². The van der Waals surface area contributed by atoms with Gasteiger partial charge < -0.3 is 14.5 Å². The summed E-state index contributed by atoms with van der Waals surface area (Å²) in [6.45, 7) is 1.98. The monoisotopic (exact) mass is 430 g/mol. The number of nitrogens with zero attached hydrogens (tertiary/aromatic N) is 1. The molecule has 4 aromatic rings. The third-order valence-electron chi connectivity index (χ3n) is 5.22. The number of oxazole rings is 1. The average Bonchev–Trinajstić information content (AvgIpc) is 3.14. The Hall–Kier alpha value is -3.64. The van der Waals surface area contributed by atoms with Crippen LogP contribution in [0.3, 0.4) is 0 Å². The summed E-state index contributed by atoms with van der Waals surface area (Å²) in [6, 6.07) is 25.4. The van der Waals surface area contributed by atoms with Gasteiger partial charge in [-0.3, -0.25) is 9.36 Å². The van der Waals surface area contributed by atoms with E-state index < -0.39 is 5.76 Å². The van der Waals surface area contributed by atoms with Gasteiger partial charge in [0.05, 0.1) is 18.7 Å². The number of para-hydroxylation sites is 2. The average molecular weight is 431 g/mol. The number of hydrogen-bond acceptors (Lipinski definition) is 4. The largest absolute Gasteiger partial charge is 0.419 e. The quantitative estimate of drug-likeness (QED) is 0.405. The number of fused-ring (bicyclic) bond motifs is 1. The van der Waals surface area contributed by atoms with Gasteiger partial charge >= 0.3 is 5.76 Å². The second-order valence-corrected chi connectivity index (χ2v) is 7.67. The molecule has 164 valence electrons. The smallest absolute Gasteiger partial charge is 0.408 e. The maximum Gasteiger partial charge on any atom is 0.419 e. The van der Waals surface area contributed by atoms with Crippen LogP contribution in [0, 0.1) is 0 Å². The zero-order valence-corrected chi connectivity index (χ0v) is 17.8. The summed E-state index contributed by atoms with van der Waals surface area (Å²) in [5.41, 5.74) is 4.55. The van der Waals surface area contributed by atoms with Crippen LogP contribution in [0.5, 0.6) is 0 Å². The Balaban J connectivity index is 1.21. The molecule has 1 amide bonds. The molecule has 0 bridgehead atoms. The van der Waals surface area contributed by atoms with Crippen molar-refractivity contribution in [3.63, 3.8) is 0 Å². The highest BCUT2D eigenvalue weighted by atomic mass is 16.5. The summed E-state index contributed by atoms with van der Waals surface area (Å²) in [4.78, 5) is 24.3. The summed E-state index contributed by atoms with van der Waals surface area (Å²) < 4.78 is 12.6. The first-order valence-electron chi connectivity index (χ1n) is 10.7. The first-order valence-corrected chi connectivity index (χ1v) is 10.7. The van der Waals surface area contributed by atoms with Crippen molar-refractivity contribution in [3.05, 3.63) is 106 Å². The molecule has 32 heavy (non-hydrogen) atoms. The third kappa shape index (κ3) is 5.74. The van der Waals surface area contributed by atoms with Gasteiger partial charge in [-0.2, -0.15) is 0 Å². The molecule has 6 heteroatoms. The van der Waals surface area contributed by atoms with Crippen molar-refractivity contribution in [3.8, 4) is 0 Å². The topological polar surface area (TPSA) is 73.5 Å². The molecule has 3 aromatic carbocycles. The Bertz CT molecular complexity index is 1230. The van der Waals surface area contributed by atoms with Crippen molar-refractivity contribution >= 4 is 17.0 Å². The van der Waals surface area contributed by atoms with E-state index in [0.717, 1.165) is 22.2 Å². The molecule has 6 nitrogen and oxygen atoms in total. The highest BCUT2D eigenvalue weighted by Gasteiger charge is 2.09. The molecule has 1 aromatic heterocycles. The van der Waals surface area contributed by atoms with E-state index in [1.165, 1.54) is 0 Å². The fourth-order valence-electron chi connectivity index (χ4n) is 3.60. The van der Waals surface area contributed by atoms with E-state index in [2.05, 4.69) is 5.32 Å². The summed E-state index contributed by atoms with van der Waals surface area (Å²) in [5, 5.41) is 2.95. The van der Waals surface area contributed by atoms with E-state index in [1.54, 1.807) is 10.6 Å². The van der Waals surface area contributed by atoms with Gasteiger partial charge in [0.25, 0.3) is 0 Å². The minimum Gasteiger partial charge on any atom is -0.408 e. The second-order valence-electron chi connectivity index (χ2n) is 7.67. The number of benzene rings is 3. The molecule has 0 unspecified atom stereocenters. The molecule has 4 rings (SSSR count). The molecule has 0 fully saturated rings. The zero-order valence-electron chi connectivity index (χ0n) is 17.8. The molecule has 0 spiro atoms. The van der Waals surface area contributed by atoms with Crippen LogP contribution in [0.1, 0.15) is 29.5 Å². The van der Waals surface area contributed by atoms with Crippen LogP contribution in [0.2, 0.25) is 0 Å². The van der Waals surface area contributed by atoms with E-state index in [9.17, 15) is 9.59 Å². The van der Waals surface area contributed by atoms with E-state index in [0.29, 0.717) is 44.7 Å². The van der Waals surface area contributed by atoms with Gasteiger partial charge in [0, 0.05) is 19.5 Å². The number of nitrogens with one attached hydrogen (secondary N) is 1. The van der Waals surface area contributed by atoms with Crippen LogP contribution in [0.25, 0.3) is 11.1 Å². The van der Waals surface area contributed by atoms with Crippen molar-refractivity contribution in [1.29, 1.82) is 0 Å². The molecular weight excluding hydrogens is 404 g/mol. The van der Waals surface area contributed by atoms with Crippen LogP contribution >= 0.6 is 0 Å². The molecule has 0 saturated heterocycles. The van der Waals surface area contributed by atoms with E-state index in [-0.39, 0.29) is 5.91 Å².